The molecule has 2 aliphatic carbocycles. The van der Waals surface area contributed by atoms with Gasteiger partial charge in [-0.25, -0.2) is 21.6 Å². The molecule has 9 nitrogen and oxygen atoms in total. The summed E-state index contributed by atoms with van der Waals surface area (Å²) in [5.41, 5.74) is 5.32. The predicted molar refractivity (Wildman–Crippen MR) is 171 cm³/mol. The van der Waals surface area contributed by atoms with Crippen molar-refractivity contribution in [2.45, 2.75) is 61.8 Å². The molecule has 0 aromatic heterocycles. The lowest BCUT2D eigenvalue weighted by Gasteiger charge is -2.27. The third-order valence-corrected chi connectivity index (χ3v) is 11.4. The van der Waals surface area contributed by atoms with Gasteiger partial charge in [0.25, 0.3) is 5.91 Å². The van der Waals surface area contributed by atoms with Crippen molar-refractivity contribution in [2.75, 3.05) is 30.0 Å². The van der Waals surface area contributed by atoms with Crippen LogP contribution in [0.5, 0.6) is 0 Å². The third kappa shape index (κ3) is 7.67. The van der Waals surface area contributed by atoms with Crippen molar-refractivity contribution in [1.82, 2.24) is 10.0 Å². The number of carbonyl (C=O) groups excluding carboxylic acids is 1. The number of nitrogens with one attached hydrogen (secondary N) is 2. The Labute approximate surface area is 260 Å². The first-order chi connectivity index (χ1) is 21.0. The van der Waals surface area contributed by atoms with Crippen molar-refractivity contribution in [3.8, 4) is 6.07 Å². The van der Waals surface area contributed by atoms with Gasteiger partial charge in [0.05, 0.1) is 34.9 Å². The Kier molecular flexibility index (Phi) is 9.44. The van der Waals surface area contributed by atoms with Gasteiger partial charge in [-0.3, -0.25) is 4.79 Å². The minimum absolute atomic E-state index is 0.0120. The number of benzene rings is 3. The van der Waals surface area contributed by atoms with E-state index in [4.69, 9.17) is 0 Å². The van der Waals surface area contributed by atoms with Gasteiger partial charge in [0, 0.05) is 23.5 Å². The fourth-order valence-electron chi connectivity index (χ4n) is 5.29. The quantitative estimate of drug-likeness (QED) is 0.245. The molecule has 1 atom stereocenters. The number of sulfone groups is 1. The maximum absolute atomic E-state index is 13.3. The molecule has 5 rings (SSSR count). The molecule has 0 saturated heterocycles. The predicted octanol–water partition coefficient (Wildman–Crippen LogP) is 5.31. The normalized spacial score (nSPS) is 15.8. The van der Waals surface area contributed by atoms with E-state index in [1.54, 1.807) is 31.2 Å². The second-order valence-corrected chi connectivity index (χ2v) is 15.8. The van der Waals surface area contributed by atoms with Crippen LogP contribution in [0.25, 0.3) is 0 Å². The zero-order valence-electron chi connectivity index (χ0n) is 25.0. The number of carbonyl (C=O) groups is 1. The van der Waals surface area contributed by atoms with E-state index in [-0.39, 0.29) is 35.3 Å². The van der Waals surface area contributed by atoms with Crippen LogP contribution in [-0.4, -0.2) is 47.8 Å². The molecular formula is C33H38N4O5S2. The number of hydrogen-bond acceptors (Lipinski definition) is 7. The average molecular weight is 635 g/mol. The lowest BCUT2D eigenvalue weighted by atomic mass is 10.0. The molecule has 0 bridgehead atoms. The van der Waals surface area contributed by atoms with E-state index >= 15 is 0 Å². The molecule has 232 valence electrons. The molecule has 1 amide bonds. The molecular weight excluding hydrogens is 597 g/mol. The molecule has 0 unspecified atom stereocenters. The molecule has 0 spiro atoms. The first kappa shape index (κ1) is 31.7. The summed E-state index contributed by atoms with van der Waals surface area (Å²) >= 11 is 0. The van der Waals surface area contributed by atoms with Gasteiger partial charge in [-0.2, -0.15) is 5.26 Å². The maximum Gasteiger partial charge on any atom is 0.251 e. The molecule has 0 aliphatic heterocycles. The van der Waals surface area contributed by atoms with Gasteiger partial charge in [-0.15, -0.1) is 0 Å². The Morgan fingerprint density at radius 1 is 0.909 bits per heavy atom. The highest BCUT2D eigenvalue weighted by Crippen LogP contribution is 2.47. The van der Waals surface area contributed by atoms with Crippen LogP contribution in [-0.2, 0) is 19.9 Å². The number of nitriles is 1. The van der Waals surface area contributed by atoms with Crippen molar-refractivity contribution in [2.24, 2.45) is 0 Å². The molecule has 3 aromatic carbocycles. The fraction of sp³-hybridized carbons (Fsp3) is 0.394. The third-order valence-electron chi connectivity index (χ3n) is 8.33. The van der Waals surface area contributed by atoms with Crippen LogP contribution in [0, 0.1) is 11.3 Å². The maximum atomic E-state index is 13.3. The molecule has 2 saturated carbocycles. The Morgan fingerprint density at radius 3 is 2.00 bits per heavy atom. The van der Waals surface area contributed by atoms with Crippen LogP contribution in [0.1, 0.15) is 84.0 Å². The monoisotopic (exact) mass is 634 g/mol. The van der Waals surface area contributed by atoms with Gasteiger partial charge in [0.15, 0.2) is 9.84 Å². The summed E-state index contributed by atoms with van der Waals surface area (Å²) in [5.74, 6) is 0.617. The van der Waals surface area contributed by atoms with Gasteiger partial charge in [0.1, 0.15) is 0 Å². The summed E-state index contributed by atoms with van der Waals surface area (Å²) in [5, 5.41) is 12.3. The molecule has 2 aliphatic rings. The van der Waals surface area contributed by atoms with Crippen molar-refractivity contribution in [3.05, 3.63) is 89.0 Å². The Morgan fingerprint density at radius 2 is 1.50 bits per heavy atom. The summed E-state index contributed by atoms with van der Waals surface area (Å²) in [7, 11) is -5.41. The van der Waals surface area contributed by atoms with E-state index in [0.29, 0.717) is 23.0 Å². The van der Waals surface area contributed by atoms with Crippen molar-refractivity contribution in [3.63, 3.8) is 0 Å². The Balaban J connectivity index is 1.38. The van der Waals surface area contributed by atoms with Crippen LogP contribution in [0.15, 0.2) is 71.6 Å². The van der Waals surface area contributed by atoms with Gasteiger partial charge in [-0.05, 0) is 110 Å². The molecule has 0 radical (unpaired) electrons. The summed E-state index contributed by atoms with van der Waals surface area (Å²) in [6, 6.07) is 21.3. The van der Waals surface area contributed by atoms with Crippen LogP contribution < -0.4 is 14.9 Å². The lowest BCUT2D eigenvalue weighted by molar-refractivity contribution is 0.0937. The fourth-order valence-corrected chi connectivity index (χ4v) is 6.80. The van der Waals surface area contributed by atoms with E-state index in [9.17, 15) is 26.9 Å². The smallest absolute Gasteiger partial charge is 0.251 e. The van der Waals surface area contributed by atoms with E-state index in [2.05, 4.69) is 34.3 Å². The van der Waals surface area contributed by atoms with Gasteiger partial charge in [0.2, 0.25) is 10.0 Å². The number of amides is 1. The Hall–Kier alpha value is -3.72. The molecule has 2 fully saturated rings. The SMILES string of the molecule is CCS(=O)(=O)c1ccc([C@H](CC#N)NC(=O)c2ccc(N(CCS(=O)(=O)NC)c3cc(C4CC4)cc(C4CC4)c3)cc2)cc1. The van der Waals surface area contributed by atoms with Gasteiger partial charge >= 0.3 is 0 Å². The van der Waals surface area contributed by atoms with Gasteiger partial charge < -0.3 is 10.2 Å². The minimum atomic E-state index is -3.45. The number of rotatable bonds is 14. The van der Waals surface area contributed by atoms with Crippen molar-refractivity contribution >= 4 is 37.1 Å². The second kappa shape index (κ2) is 13.1. The number of nitrogens with zero attached hydrogens (tertiary/aromatic N) is 2. The summed E-state index contributed by atoms with van der Waals surface area (Å²) in [6.07, 6.45) is 4.68. The topological polar surface area (TPSA) is 136 Å². The van der Waals surface area contributed by atoms with E-state index in [1.807, 2.05) is 17.0 Å². The van der Waals surface area contributed by atoms with Crippen LogP contribution in [0.2, 0.25) is 0 Å². The van der Waals surface area contributed by atoms with E-state index < -0.39 is 25.9 Å². The first-order valence-corrected chi connectivity index (χ1v) is 18.3. The molecule has 3 aromatic rings. The van der Waals surface area contributed by atoms with E-state index in [0.717, 1.165) is 11.4 Å². The number of sulfonamides is 1. The summed E-state index contributed by atoms with van der Waals surface area (Å²) < 4.78 is 51.5. The molecule has 2 N–H and O–H groups in total. The summed E-state index contributed by atoms with van der Waals surface area (Å²) in [4.78, 5) is 15.5. The minimum Gasteiger partial charge on any atom is -0.344 e. The number of hydrogen-bond donors (Lipinski definition) is 2. The van der Waals surface area contributed by atoms with E-state index in [1.165, 1.54) is 56.0 Å². The highest BCUT2D eigenvalue weighted by molar-refractivity contribution is 7.91. The zero-order valence-corrected chi connectivity index (χ0v) is 26.6. The van der Waals surface area contributed by atoms with Gasteiger partial charge in [-0.1, -0.05) is 25.1 Å². The summed E-state index contributed by atoms with van der Waals surface area (Å²) in [6.45, 7) is 1.81. The Bertz CT molecular complexity index is 1730. The highest BCUT2D eigenvalue weighted by Gasteiger charge is 2.30. The number of anilines is 2. The largest absolute Gasteiger partial charge is 0.344 e. The van der Waals surface area contributed by atoms with Crippen molar-refractivity contribution in [1.29, 1.82) is 5.26 Å². The molecule has 11 heteroatoms. The van der Waals surface area contributed by atoms with Crippen LogP contribution in [0.4, 0.5) is 11.4 Å². The lowest BCUT2D eigenvalue weighted by Crippen LogP contribution is -2.31. The molecule has 0 heterocycles. The first-order valence-electron chi connectivity index (χ1n) is 15.0. The van der Waals surface area contributed by atoms with Crippen molar-refractivity contribution < 1.29 is 21.6 Å². The standard InChI is InChI=1S/C33H38N4O5S2/c1-3-43(39,40)31-14-10-25(11-15-31)32(16-17-34)36-33(38)26-8-12-29(13-9-26)37(18-19-44(41,42)35-2)30-21-27(23-4-5-23)20-28(22-30)24-6-7-24/h8-15,20-24,32,35H,3-7,16,18-19H2,1-2H3,(H,36,38)/t32-/m0/s1. The molecule has 44 heavy (non-hydrogen) atoms. The second-order valence-electron chi connectivity index (χ2n) is 11.5. The highest BCUT2D eigenvalue weighted by atomic mass is 32.2. The zero-order chi connectivity index (χ0) is 31.5. The van der Waals surface area contributed by atoms with Crippen LogP contribution in [0.3, 0.4) is 0 Å². The average Bonchev–Trinajstić information content (AvgIpc) is 3.95. The van der Waals surface area contributed by atoms with Crippen LogP contribution >= 0.6 is 0 Å².